The highest BCUT2D eigenvalue weighted by Crippen LogP contribution is 2.41. The largest absolute Gasteiger partial charge is 0.356 e. The minimum Gasteiger partial charge on any atom is -0.356 e. The van der Waals surface area contributed by atoms with Crippen LogP contribution in [0.3, 0.4) is 0 Å². The summed E-state index contributed by atoms with van der Waals surface area (Å²) >= 11 is 1.86. The highest BCUT2D eigenvalue weighted by atomic mass is 32.1. The molecule has 0 saturated carbocycles. The number of carbonyl (C=O) groups is 1. The van der Waals surface area contributed by atoms with Gasteiger partial charge < -0.3 is 10.2 Å². The van der Waals surface area contributed by atoms with Crippen molar-refractivity contribution in [3.8, 4) is 0 Å². The van der Waals surface area contributed by atoms with E-state index in [-0.39, 0.29) is 11.4 Å². The number of anilines is 1. The fourth-order valence-corrected chi connectivity index (χ4v) is 6.49. The lowest BCUT2D eigenvalue weighted by atomic mass is 9.78. The number of rotatable bonds is 3. The molecule has 0 bridgehead atoms. The van der Waals surface area contributed by atoms with Crippen LogP contribution in [0.15, 0.2) is 30.3 Å². The van der Waals surface area contributed by atoms with Crippen molar-refractivity contribution < 1.29 is 4.79 Å². The van der Waals surface area contributed by atoms with E-state index < -0.39 is 0 Å². The Morgan fingerprint density at radius 2 is 1.81 bits per heavy atom. The smallest absolute Gasteiger partial charge is 0.222 e. The molecule has 3 aromatic rings. The summed E-state index contributed by atoms with van der Waals surface area (Å²) in [4.78, 5) is 26.6. The minimum absolute atomic E-state index is 0.0316. The van der Waals surface area contributed by atoms with Gasteiger partial charge in [-0.25, -0.2) is 9.97 Å². The summed E-state index contributed by atoms with van der Waals surface area (Å²) in [6.07, 6.45) is 11.6. The summed E-state index contributed by atoms with van der Waals surface area (Å²) in [6.45, 7) is 1.86. The topological polar surface area (TPSA) is 58.1 Å². The van der Waals surface area contributed by atoms with E-state index in [4.69, 9.17) is 9.97 Å². The molecule has 2 aromatic heterocycles. The first-order valence-corrected chi connectivity index (χ1v) is 12.1. The fourth-order valence-electron chi connectivity index (χ4n) is 5.23. The average Bonchev–Trinajstić information content (AvgIpc) is 3.16. The minimum atomic E-state index is 0.0316. The van der Waals surface area contributed by atoms with Crippen LogP contribution >= 0.6 is 11.3 Å². The SMILES string of the molecule is O=C1CC2(CCN(c3nc(/C=C/c4ccccc4)nc4sc5c(c34)CCCC5)CC2)N1. The van der Waals surface area contributed by atoms with E-state index in [9.17, 15) is 4.79 Å². The highest BCUT2D eigenvalue weighted by molar-refractivity contribution is 7.19. The predicted octanol–water partition coefficient (Wildman–Crippen LogP) is 4.60. The normalized spacial score (nSPS) is 20.1. The molecular weight excluding hydrogens is 404 g/mol. The standard InChI is InChI=1S/C25H26N4OS/c30-21-16-25(28-21)12-14-29(15-13-25)23-22-18-8-4-5-9-19(18)31-24(22)27-20(26-23)11-10-17-6-2-1-3-7-17/h1-3,6-7,10-11H,4-5,8-9,12-16H2,(H,28,30)/b11-10+. The Balaban J connectivity index is 1.38. The van der Waals surface area contributed by atoms with Gasteiger partial charge in [-0.3, -0.25) is 4.79 Å². The Labute approximate surface area is 186 Å². The van der Waals surface area contributed by atoms with Crippen LogP contribution in [-0.2, 0) is 17.6 Å². The van der Waals surface area contributed by atoms with E-state index >= 15 is 0 Å². The van der Waals surface area contributed by atoms with Crippen LogP contribution < -0.4 is 10.2 Å². The van der Waals surface area contributed by atoms with Crippen molar-refractivity contribution in [2.45, 2.75) is 50.5 Å². The molecule has 2 fully saturated rings. The number of hydrogen-bond donors (Lipinski definition) is 1. The summed E-state index contributed by atoms with van der Waals surface area (Å²) in [5, 5.41) is 4.44. The van der Waals surface area contributed by atoms with Crippen LogP contribution in [0.4, 0.5) is 5.82 Å². The Kier molecular flexibility index (Phi) is 4.56. The second-order valence-electron chi connectivity index (χ2n) is 9.03. The van der Waals surface area contributed by atoms with Gasteiger partial charge in [0.25, 0.3) is 0 Å². The van der Waals surface area contributed by atoms with Crippen molar-refractivity contribution in [1.82, 2.24) is 15.3 Å². The van der Waals surface area contributed by atoms with Gasteiger partial charge in [0.1, 0.15) is 10.6 Å². The maximum absolute atomic E-state index is 11.5. The van der Waals surface area contributed by atoms with E-state index in [0.29, 0.717) is 6.42 Å². The number of piperidine rings is 1. The zero-order valence-corrected chi connectivity index (χ0v) is 18.4. The zero-order chi connectivity index (χ0) is 20.8. The Hall–Kier alpha value is -2.73. The van der Waals surface area contributed by atoms with Crippen LogP contribution in [0.5, 0.6) is 0 Å². The molecular formula is C25H26N4OS. The van der Waals surface area contributed by atoms with Crippen LogP contribution in [0.1, 0.15) is 53.9 Å². The predicted molar refractivity (Wildman–Crippen MR) is 126 cm³/mol. The van der Waals surface area contributed by atoms with Gasteiger partial charge in [0.05, 0.1) is 10.9 Å². The van der Waals surface area contributed by atoms with Gasteiger partial charge in [-0.1, -0.05) is 36.4 Å². The molecule has 2 aliphatic heterocycles. The molecule has 1 spiro atoms. The Morgan fingerprint density at radius 1 is 1.03 bits per heavy atom. The number of carbonyl (C=O) groups excluding carboxylic acids is 1. The molecule has 0 unspecified atom stereocenters. The van der Waals surface area contributed by atoms with Gasteiger partial charge in [-0.15, -0.1) is 11.3 Å². The van der Waals surface area contributed by atoms with E-state index in [1.165, 1.54) is 35.1 Å². The molecule has 5 nitrogen and oxygen atoms in total. The fraction of sp³-hybridized carbons (Fsp3) is 0.400. The summed E-state index contributed by atoms with van der Waals surface area (Å²) in [7, 11) is 0. The van der Waals surface area contributed by atoms with Gasteiger partial charge in [0.2, 0.25) is 5.91 Å². The molecule has 4 heterocycles. The van der Waals surface area contributed by atoms with Crippen LogP contribution in [0, 0.1) is 0 Å². The zero-order valence-electron chi connectivity index (χ0n) is 17.6. The molecule has 6 rings (SSSR count). The lowest BCUT2D eigenvalue weighted by molar-refractivity contribution is -0.133. The molecule has 1 amide bonds. The van der Waals surface area contributed by atoms with E-state index in [1.54, 1.807) is 0 Å². The number of hydrogen-bond acceptors (Lipinski definition) is 5. The first-order chi connectivity index (χ1) is 15.2. The monoisotopic (exact) mass is 430 g/mol. The van der Waals surface area contributed by atoms with Crippen molar-refractivity contribution in [3.05, 3.63) is 52.2 Å². The number of aryl methyl sites for hydroxylation is 2. The summed E-state index contributed by atoms with van der Waals surface area (Å²) in [5.74, 6) is 2.07. The molecule has 1 aliphatic carbocycles. The lowest BCUT2D eigenvalue weighted by Crippen LogP contribution is -2.65. The van der Waals surface area contributed by atoms with Crippen molar-refractivity contribution in [2.24, 2.45) is 0 Å². The van der Waals surface area contributed by atoms with E-state index in [0.717, 1.165) is 54.4 Å². The van der Waals surface area contributed by atoms with E-state index in [2.05, 4.69) is 28.4 Å². The van der Waals surface area contributed by atoms with Gasteiger partial charge in [0.15, 0.2) is 5.82 Å². The molecule has 31 heavy (non-hydrogen) atoms. The number of aromatic nitrogens is 2. The third-order valence-electron chi connectivity index (χ3n) is 6.96. The quantitative estimate of drug-likeness (QED) is 0.617. The summed E-state index contributed by atoms with van der Waals surface area (Å²) in [6, 6.07) is 10.3. The first kappa shape index (κ1) is 19.0. The molecule has 1 aromatic carbocycles. The average molecular weight is 431 g/mol. The molecule has 0 atom stereocenters. The molecule has 6 heteroatoms. The molecule has 158 valence electrons. The van der Waals surface area contributed by atoms with Gasteiger partial charge in [0, 0.05) is 24.4 Å². The second-order valence-corrected chi connectivity index (χ2v) is 10.1. The van der Waals surface area contributed by atoms with Crippen molar-refractivity contribution in [2.75, 3.05) is 18.0 Å². The Morgan fingerprint density at radius 3 is 2.58 bits per heavy atom. The number of fused-ring (bicyclic) bond motifs is 3. The molecule has 0 radical (unpaired) electrons. The molecule has 2 saturated heterocycles. The van der Waals surface area contributed by atoms with Gasteiger partial charge in [-0.05, 0) is 55.7 Å². The van der Waals surface area contributed by atoms with Gasteiger partial charge >= 0.3 is 0 Å². The third kappa shape index (κ3) is 3.43. The number of benzene rings is 1. The van der Waals surface area contributed by atoms with Crippen LogP contribution in [-0.4, -0.2) is 34.5 Å². The third-order valence-corrected chi connectivity index (χ3v) is 8.15. The number of β-lactam (4-membered cyclic amide) rings is 1. The maximum Gasteiger partial charge on any atom is 0.222 e. The Bertz CT molecular complexity index is 1170. The second kappa shape index (κ2) is 7.45. The highest BCUT2D eigenvalue weighted by Gasteiger charge is 2.45. The van der Waals surface area contributed by atoms with Crippen molar-refractivity contribution >= 4 is 45.4 Å². The maximum atomic E-state index is 11.5. The van der Waals surface area contributed by atoms with Crippen LogP contribution in [0.2, 0.25) is 0 Å². The first-order valence-electron chi connectivity index (χ1n) is 11.3. The molecule has 1 N–H and O–H groups in total. The lowest BCUT2D eigenvalue weighted by Gasteiger charge is -2.48. The summed E-state index contributed by atoms with van der Waals surface area (Å²) in [5.41, 5.74) is 2.67. The van der Waals surface area contributed by atoms with Crippen LogP contribution in [0.25, 0.3) is 22.4 Å². The van der Waals surface area contributed by atoms with Crippen molar-refractivity contribution in [1.29, 1.82) is 0 Å². The van der Waals surface area contributed by atoms with Gasteiger partial charge in [-0.2, -0.15) is 0 Å². The number of nitrogens with one attached hydrogen (secondary N) is 1. The van der Waals surface area contributed by atoms with Crippen molar-refractivity contribution in [3.63, 3.8) is 0 Å². The van der Waals surface area contributed by atoms with E-state index in [1.807, 2.05) is 35.6 Å². The summed E-state index contributed by atoms with van der Waals surface area (Å²) < 4.78 is 0. The number of nitrogens with zero attached hydrogens (tertiary/aromatic N) is 3. The molecule has 3 aliphatic rings. The number of thiophene rings is 1. The number of amides is 1.